The van der Waals surface area contributed by atoms with Gasteiger partial charge in [-0.3, -0.25) is 20.2 Å². The Labute approximate surface area is 240 Å². The number of nitrogens with two attached hydrogens (primary N) is 2. The number of amides is 2. The number of allylic oxidation sites excluding steroid dienone is 2. The van der Waals surface area contributed by atoms with Crippen LogP contribution in [0.3, 0.4) is 0 Å². The number of benzene rings is 1. The zero-order valence-corrected chi connectivity index (χ0v) is 22.8. The molecule has 2 atom stereocenters. The van der Waals surface area contributed by atoms with Gasteiger partial charge in [0.15, 0.2) is 17.0 Å². The number of carbonyl (C=O) groups is 2. The predicted molar refractivity (Wildman–Crippen MR) is 150 cm³/mol. The van der Waals surface area contributed by atoms with Crippen molar-refractivity contribution in [1.82, 2.24) is 26.2 Å². The summed E-state index contributed by atoms with van der Waals surface area (Å²) < 4.78 is 0. The Morgan fingerprint density at radius 1 is 1.20 bits per heavy atom. The third-order valence-corrected chi connectivity index (χ3v) is 7.24. The topological polar surface area (TPSA) is 243 Å². The number of nitrogens with one attached hydrogen (secondary N) is 5. The van der Waals surface area contributed by atoms with Gasteiger partial charge in [-0.25, -0.2) is 4.99 Å². The van der Waals surface area contributed by atoms with Crippen LogP contribution in [0.5, 0.6) is 0 Å². The lowest BCUT2D eigenvalue weighted by atomic mass is 9.88. The van der Waals surface area contributed by atoms with E-state index in [1.54, 1.807) is 17.0 Å². The van der Waals surface area contributed by atoms with Crippen molar-refractivity contribution in [3.05, 3.63) is 58.7 Å². The first kappa shape index (κ1) is 29.6. The van der Waals surface area contributed by atoms with Gasteiger partial charge in [0.2, 0.25) is 11.7 Å². The second-order valence-electron chi connectivity index (χ2n) is 9.66. The highest BCUT2D eigenvalue weighted by Gasteiger charge is 2.43. The zero-order valence-electron chi connectivity index (χ0n) is 22.0. The molecule has 2 amide bonds. The Morgan fingerprint density at radius 2 is 1.90 bits per heavy atom. The highest BCUT2D eigenvalue weighted by Crippen LogP contribution is 2.26. The summed E-state index contributed by atoms with van der Waals surface area (Å²) in [7, 11) is 0. The quantitative estimate of drug-likeness (QED) is 0.0535. The first-order chi connectivity index (χ1) is 19.7. The molecular weight excluding hydrogens is 554 g/mol. The van der Waals surface area contributed by atoms with E-state index in [0.717, 1.165) is 0 Å². The van der Waals surface area contributed by atoms with Crippen LogP contribution in [0.2, 0.25) is 0 Å². The lowest BCUT2D eigenvalue weighted by Gasteiger charge is -2.39. The molecule has 2 saturated heterocycles. The molecular formula is C24H32ClN13O3. The highest BCUT2D eigenvalue weighted by atomic mass is 35.5. The van der Waals surface area contributed by atoms with Crippen LogP contribution in [-0.4, -0.2) is 70.9 Å². The molecule has 41 heavy (non-hydrogen) atoms. The van der Waals surface area contributed by atoms with Gasteiger partial charge in [-0.2, -0.15) is 0 Å². The van der Waals surface area contributed by atoms with Crippen molar-refractivity contribution in [1.29, 1.82) is 5.41 Å². The number of nitrogens with zero attached hydrogens (tertiary/aromatic N) is 6. The van der Waals surface area contributed by atoms with Gasteiger partial charge in [0.1, 0.15) is 6.29 Å². The molecule has 2 fully saturated rings. The summed E-state index contributed by atoms with van der Waals surface area (Å²) in [5.41, 5.74) is 0.556. The number of hydrogen-bond donors (Lipinski definition) is 8. The van der Waals surface area contributed by atoms with Gasteiger partial charge in [0.25, 0.3) is 5.91 Å². The summed E-state index contributed by atoms with van der Waals surface area (Å²) in [5, 5.41) is 44.1. The highest BCUT2D eigenvalue weighted by molar-refractivity contribution is 6.30. The van der Waals surface area contributed by atoms with Crippen LogP contribution in [0.1, 0.15) is 31.2 Å². The maximum atomic E-state index is 13.0. The van der Waals surface area contributed by atoms with Gasteiger partial charge in [-0.15, -0.1) is 10.2 Å². The first-order valence-electron chi connectivity index (χ1n) is 12.8. The molecule has 1 aromatic rings. The molecule has 0 aromatic heterocycles. The Kier molecular flexibility index (Phi) is 9.59. The molecule has 3 aliphatic heterocycles. The maximum absolute atomic E-state index is 13.0. The number of aliphatic hydroxyl groups excluding tert-OH is 1. The number of piperidine rings is 1. The summed E-state index contributed by atoms with van der Waals surface area (Å²) in [6, 6.07) is 7.98. The molecule has 10 N–H and O–H groups in total. The summed E-state index contributed by atoms with van der Waals surface area (Å²) in [6.07, 6.45) is 2.45. The van der Waals surface area contributed by atoms with Gasteiger partial charge in [-0.1, -0.05) is 52.4 Å². The Hall–Kier alpha value is -4.41. The number of halogens is 1. The molecule has 1 spiro atoms. The molecule has 2 unspecified atom stereocenters. The molecule has 1 aromatic carbocycles. The van der Waals surface area contributed by atoms with E-state index in [0.29, 0.717) is 38.0 Å². The van der Waals surface area contributed by atoms with Crippen molar-refractivity contribution in [3.8, 4) is 0 Å². The lowest BCUT2D eigenvalue weighted by Crippen LogP contribution is -2.59. The van der Waals surface area contributed by atoms with E-state index in [2.05, 4.69) is 46.9 Å². The van der Waals surface area contributed by atoms with E-state index in [-0.39, 0.29) is 52.6 Å². The smallest absolute Gasteiger partial charge is 0.252 e. The van der Waals surface area contributed by atoms with Crippen LogP contribution in [0.15, 0.2) is 78.8 Å². The molecule has 0 radical (unpaired) electrons. The van der Waals surface area contributed by atoms with E-state index >= 15 is 0 Å². The number of amidine groups is 1. The van der Waals surface area contributed by atoms with Crippen molar-refractivity contribution in [2.75, 3.05) is 19.6 Å². The third-order valence-electron chi connectivity index (χ3n) is 6.97. The van der Waals surface area contributed by atoms with E-state index in [4.69, 9.17) is 28.7 Å². The normalized spacial score (nSPS) is 22.7. The summed E-state index contributed by atoms with van der Waals surface area (Å²) in [5.74, 6) is 9.48. The summed E-state index contributed by atoms with van der Waals surface area (Å²) >= 11 is 6.10. The monoisotopic (exact) mass is 585 g/mol. The van der Waals surface area contributed by atoms with Crippen LogP contribution >= 0.6 is 11.6 Å². The molecule has 0 saturated carbocycles. The van der Waals surface area contributed by atoms with Gasteiger partial charge in [0, 0.05) is 44.1 Å². The number of aliphatic imine (C=N–C) groups is 1. The Balaban J connectivity index is 1.25. The van der Waals surface area contributed by atoms with Gasteiger partial charge >= 0.3 is 0 Å². The van der Waals surface area contributed by atoms with Crippen molar-refractivity contribution in [2.24, 2.45) is 37.4 Å². The second kappa shape index (κ2) is 13.3. The minimum absolute atomic E-state index is 0.00806. The van der Waals surface area contributed by atoms with E-state index in [1.165, 1.54) is 6.08 Å². The van der Waals surface area contributed by atoms with Crippen molar-refractivity contribution in [2.45, 2.75) is 43.6 Å². The molecule has 4 rings (SSSR count). The molecule has 0 aliphatic carbocycles. The Morgan fingerprint density at radius 3 is 2.59 bits per heavy atom. The minimum Gasteiger partial charge on any atom is -0.512 e. The summed E-state index contributed by atoms with van der Waals surface area (Å²) in [4.78, 5) is 31.6. The van der Waals surface area contributed by atoms with Gasteiger partial charge in [-0.05, 0) is 18.4 Å². The van der Waals surface area contributed by atoms with Crippen molar-refractivity contribution >= 4 is 35.0 Å². The average molecular weight is 586 g/mol. The molecule has 3 heterocycles. The fourth-order valence-corrected chi connectivity index (χ4v) is 4.97. The van der Waals surface area contributed by atoms with Crippen molar-refractivity contribution in [3.63, 3.8) is 0 Å². The van der Waals surface area contributed by atoms with E-state index in [9.17, 15) is 14.7 Å². The number of likely N-dealkylation sites (tertiary alicyclic amines) is 1. The predicted octanol–water partition coefficient (Wildman–Crippen LogP) is 0.618. The molecule has 16 nitrogen and oxygen atoms in total. The van der Waals surface area contributed by atoms with Crippen LogP contribution in [0, 0.1) is 5.41 Å². The molecule has 17 heteroatoms. The van der Waals surface area contributed by atoms with Gasteiger partial charge < -0.3 is 37.7 Å². The fourth-order valence-electron chi connectivity index (χ4n) is 4.78. The van der Waals surface area contributed by atoms with Gasteiger partial charge in [0.05, 0.1) is 11.5 Å². The van der Waals surface area contributed by atoms with E-state index < -0.39 is 18.2 Å². The minimum atomic E-state index is -1.09. The SMILES string of the molecule is N=C(/C=C(\O)CCC(=O)N1CCC2(CC1)CNC(NC(=O)C1NC(Cl)=C(N=NN)N=C1N=NN)N2)c1ccccc1. The van der Waals surface area contributed by atoms with E-state index in [1.807, 2.05) is 18.2 Å². The Bertz CT molecular complexity index is 1300. The third kappa shape index (κ3) is 7.41. The molecule has 0 bridgehead atoms. The maximum Gasteiger partial charge on any atom is 0.252 e. The first-order valence-corrected chi connectivity index (χ1v) is 13.2. The van der Waals surface area contributed by atoms with Crippen LogP contribution < -0.4 is 33.0 Å². The lowest BCUT2D eigenvalue weighted by molar-refractivity contribution is -0.132. The standard InChI is InChI=1S/C24H32ClN13O3/c25-19-21(35-37-28)31-20(34-36-27)18(30-19)22(41)32-23-29-13-24(33-23)8-10-38(11-9-24)17(40)7-6-15(39)12-16(26)14-4-2-1-3-5-14/h1-5,12,18,23,26,29-30,33,39H,6-11,13H2,(H2,28,35)(H,32,41)(H2,27,31,34)/b15-12-,26-16?. The van der Waals surface area contributed by atoms with Crippen molar-refractivity contribution < 1.29 is 14.7 Å². The number of carbonyl (C=O) groups excluding carboxylic acids is 2. The number of rotatable bonds is 8. The van der Waals surface area contributed by atoms with Crippen LogP contribution in [0.4, 0.5) is 0 Å². The second-order valence-corrected chi connectivity index (χ2v) is 10.0. The largest absolute Gasteiger partial charge is 0.512 e. The number of aliphatic hydroxyl groups is 1. The van der Waals surface area contributed by atoms with Crippen LogP contribution in [-0.2, 0) is 9.59 Å². The number of hydrogen-bond acceptors (Lipinski definition) is 12. The summed E-state index contributed by atoms with van der Waals surface area (Å²) in [6.45, 7) is 1.62. The average Bonchev–Trinajstić information content (AvgIpc) is 3.35. The fraction of sp³-hybridized carbons (Fsp3) is 0.417. The van der Waals surface area contributed by atoms with Crippen LogP contribution in [0.25, 0.3) is 0 Å². The molecule has 3 aliphatic rings. The molecule has 218 valence electrons. The zero-order chi connectivity index (χ0) is 29.4.